The molecule has 0 aliphatic carbocycles. The van der Waals surface area contributed by atoms with Crippen LogP contribution < -0.4 is 9.64 Å². The van der Waals surface area contributed by atoms with Crippen LogP contribution >= 0.6 is 0 Å². The number of H-pyrrole nitrogens is 1. The molecule has 1 N–H and O–H groups in total. The molecule has 1 aromatic heterocycles. The number of ether oxygens (including phenoxy) is 2. The van der Waals surface area contributed by atoms with Crippen LogP contribution in [0.25, 0.3) is 0 Å². The van der Waals surface area contributed by atoms with E-state index in [0.717, 1.165) is 36.6 Å². The van der Waals surface area contributed by atoms with Gasteiger partial charge in [0.1, 0.15) is 11.3 Å². The Morgan fingerprint density at radius 2 is 1.93 bits per heavy atom. The van der Waals surface area contributed by atoms with E-state index in [1.54, 1.807) is 12.1 Å². The van der Waals surface area contributed by atoms with Crippen molar-refractivity contribution in [3.63, 3.8) is 0 Å². The Labute approximate surface area is 164 Å². The van der Waals surface area contributed by atoms with Crippen LogP contribution in [0.3, 0.4) is 0 Å². The first-order chi connectivity index (χ1) is 13.2. The summed E-state index contributed by atoms with van der Waals surface area (Å²) in [5.74, 6) is 1.08. The van der Waals surface area contributed by atoms with E-state index in [1.165, 1.54) is 0 Å². The molecule has 0 radical (unpaired) electrons. The summed E-state index contributed by atoms with van der Waals surface area (Å²) in [6.45, 7) is 9.44. The Hall–Kier alpha value is -2.96. The summed E-state index contributed by atoms with van der Waals surface area (Å²) in [6.07, 6.45) is 1.05. The molecule has 2 aliphatic rings. The maximum Gasteiger partial charge on any atom is 0.338 e. The number of aromatic nitrogens is 1. The molecular weight excluding hydrogens is 358 g/mol. The second-order valence-corrected chi connectivity index (χ2v) is 8.25. The van der Waals surface area contributed by atoms with Crippen molar-refractivity contribution in [2.45, 2.75) is 39.7 Å². The average Bonchev–Trinajstić information content (AvgIpc) is 3.12. The Morgan fingerprint density at radius 1 is 1.18 bits per heavy atom. The van der Waals surface area contributed by atoms with Crippen molar-refractivity contribution in [2.75, 3.05) is 24.7 Å². The molecule has 2 aliphatic heterocycles. The zero-order chi connectivity index (χ0) is 20.1. The lowest BCUT2D eigenvalue weighted by atomic mass is 10.1. The van der Waals surface area contributed by atoms with Gasteiger partial charge in [-0.15, -0.1) is 0 Å². The zero-order valence-electron chi connectivity index (χ0n) is 16.7. The summed E-state index contributed by atoms with van der Waals surface area (Å²) < 4.78 is 11.2. The molecular formula is C21H25N3O4. The highest BCUT2D eigenvalue weighted by Gasteiger charge is 2.30. The topological polar surface area (TPSA) is 74.9 Å². The molecule has 3 heterocycles. The number of fused-ring (bicyclic) bond motifs is 1. The first-order valence-corrected chi connectivity index (χ1v) is 9.49. The van der Waals surface area contributed by atoms with Crippen LogP contribution in [-0.2, 0) is 4.74 Å². The van der Waals surface area contributed by atoms with Gasteiger partial charge in [0.05, 0.1) is 5.56 Å². The molecule has 0 spiro atoms. The van der Waals surface area contributed by atoms with E-state index >= 15 is 0 Å². The quantitative estimate of drug-likeness (QED) is 0.820. The third kappa shape index (κ3) is 3.32. The van der Waals surface area contributed by atoms with Crippen molar-refractivity contribution < 1.29 is 19.1 Å². The smallest absolute Gasteiger partial charge is 0.338 e. The average molecular weight is 383 g/mol. The number of esters is 1. The van der Waals surface area contributed by atoms with Crippen molar-refractivity contribution in [1.29, 1.82) is 0 Å². The lowest BCUT2D eigenvalue weighted by Gasteiger charge is -2.30. The van der Waals surface area contributed by atoms with Crippen LogP contribution in [0.4, 0.5) is 11.5 Å². The van der Waals surface area contributed by atoms with Crippen molar-refractivity contribution in [3.05, 3.63) is 41.1 Å². The van der Waals surface area contributed by atoms with Crippen LogP contribution in [0, 0.1) is 6.92 Å². The van der Waals surface area contributed by atoms with Crippen LogP contribution in [0.1, 0.15) is 53.6 Å². The fraction of sp³-hybridized carbons (Fsp3) is 0.429. The largest absolute Gasteiger partial charge is 0.469 e. The second kappa shape index (κ2) is 6.58. The van der Waals surface area contributed by atoms with Crippen molar-refractivity contribution in [3.8, 4) is 5.75 Å². The van der Waals surface area contributed by atoms with Gasteiger partial charge in [-0.3, -0.25) is 9.69 Å². The standard InChI is InChI=1S/C21H25N3O4/c1-13-10-14(20(26)28-21(2,3)4)6-7-16(13)24-12-27-17-11-15(22-18(17)24)19(25)23-8-5-9-23/h6-7,10-11,22H,5,8-9,12H2,1-4H3. The van der Waals surface area contributed by atoms with Gasteiger partial charge in [-0.05, 0) is 57.9 Å². The van der Waals surface area contributed by atoms with Gasteiger partial charge in [0.15, 0.2) is 18.3 Å². The predicted octanol–water partition coefficient (Wildman–Crippen LogP) is 3.61. The Kier molecular flexibility index (Phi) is 4.33. The molecule has 7 heteroatoms. The summed E-state index contributed by atoms with van der Waals surface area (Å²) in [5.41, 5.74) is 2.35. The first-order valence-electron chi connectivity index (χ1n) is 9.49. The molecule has 1 aromatic carbocycles. The van der Waals surface area contributed by atoms with E-state index in [-0.39, 0.29) is 11.9 Å². The number of aryl methyl sites for hydroxylation is 1. The third-order valence-electron chi connectivity index (χ3n) is 4.88. The summed E-state index contributed by atoms with van der Waals surface area (Å²) in [4.78, 5) is 31.7. The van der Waals surface area contributed by atoms with E-state index in [9.17, 15) is 9.59 Å². The number of nitrogens with one attached hydrogen (secondary N) is 1. The number of aromatic amines is 1. The number of nitrogens with zero attached hydrogens (tertiary/aromatic N) is 2. The van der Waals surface area contributed by atoms with Crippen LogP contribution in [0.2, 0.25) is 0 Å². The first kappa shape index (κ1) is 18.4. The molecule has 2 aromatic rings. The van der Waals surface area contributed by atoms with Crippen LogP contribution in [0.15, 0.2) is 24.3 Å². The van der Waals surface area contributed by atoms with Gasteiger partial charge in [0.2, 0.25) is 0 Å². The third-order valence-corrected chi connectivity index (χ3v) is 4.88. The molecule has 28 heavy (non-hydrogen) atoms. The minimum atomic E-state index is -0.537. The second-order valence-electron chi connectivity index (χ2n) is 8.25. The lowest BCUT2D eigenvalue weighted by Crippen LogP contribution is -2.42. The Bertz CT molecular complexity index is 938. The maximum atomic E-state index is 12.4. The molecule has 4 rings (SSSR count). The van der Waals surface area contributed by atoms with E-state index in [0.29, 0.717) is 23.7 Å². The summed E-state index contributed by atoms with van der Waals surface area (Å²) in [5, 5.41) is 0. The molecule has 1 amide bonds. The SMILES string of the molecule is Cc1cc(C(=O)OC(C)(C)C)ccc1N1COc2cc(C(=O)N3CCC3)[nH]c21. The predicted molar refractivity (Wildman–Crippen MR) is 105 cm³/mol. The van der Waals surface area contributed by atoms with Gasteiger partial charge >= 0.3 is 5.97 Å². The number of hydrogen-bond donors (Lipinski definition) is 1. The molecule has 1 fully saturated rings. The summed E-state index contributed by atoms with van der Waals surface area (Å²) in [6, 6.07) is 7.21. The van der Waals surface area contributed by atoms with Gasteiger partial charge in [-0.25, -0.2) is 4.79 Å². The van der Waals surface area contributed by atoms with Gasteiger partial charge in [-0.1, -0.05) is 0 Å². The number of hydrogen-bond acceptors (Lipinski definition) is 5. The van der Waals surface area contributed by atoms with E-state index in [2.05, 4.69) is 4.98 Å². The highest BCUT2D eigenvalue weighted by atomic mass is 16.6. The monoisotopic (exact) mass is 383 g/mol. The fourth-order valence-corrected chi connectivity index (χ4v) is 3.35. The van der Waals surface area contributed by atoms with Crippen molar-refractivity contribution >= 4 is 23.4 Å². The van der Waals surface area contributed by atoms with Gasteiger partial charge < -0.3 is 19.4 Å². The molecule has 0 saturated carbocycles. The molecule has 1 saturated heterocycles. The van der Waals surface area contributed by atoms with Gasteiger partial charge in [0, 0.05) is 24.8 Å². The number of amides is 1. The van der Waals surface area contributed by atoms with Crippen LogP contribution in [0.5, 0.6) is 5.75 Å². The fourth-order valence-electron chi connectivity index (χ4n) is 3.35. The number of likely N-dealkylation sites (tertiary alicyclic amines) is 1. The van der Waals surface area contributed by atoms with E-state index in [4.69, 9.17) is 9.47 Å². The minimum Gasteiger partial charge on any atom is -0.469 e. The maximum absolute atomic E-state index is 12.4. The molecule has 7 nitrogen and oxygen atoms in total. The minimum absolute atomic E-state index is 0.00111. The Morgan fingerprint density at radius 3 is 2.54 bits per heavy atom. The normalized spacial score (nSPS) is 15.7. The summed E-state index contributed by atoms with van der Waals surface area (Å²) >= 11 is 0. The van der Waals surface area contributed by atoms with E-state index < -0.39 is 5.60 Å². The number of rotatable bonds is 3. The van der Waals surface area contributed by atoms with E-state index in [1.807, 2.05) is 49.6 Å². The molecule has 148 valence electrons. The molecule has 0 unspecified atom stereocenters. The number of benzene rings is 1. The van der Waals surface area contributed by atoms with Crippen LogP contribution in [-0.4, -0.2) is 47.2 Å². The number of carbonyl (C=O) groups excluding carboxylic acids is 2. The highest BCUT2D eigenvalue weighted by molar-refractivity contribution is 5.95. The molecule has 0 bridgehead atoms. The number of anilines is 2. The molecule has 0 atom stereocenters. The highest BCUT2D eigenvalue weighted by Crippen LogP contribution is 2.40. The number of carbonyl (C=O) groups is 2. The van der Waals surface area contributed by atoms with Gasteiger partial charge in [0.25, 0.3) is 5.91 Å². The van der Waals surface area contributed by atoms with Crippen molar-refractivity contribution in [2.24, 2.45) is 0 Å². The summed E-state index contributed by atoms with van der Waals surface area (Å²) in [7, 11) is 0. The van der Waals surface area contributed by atoms with Crippen molar-refractivity contribution in [1.82, 2.24) is 9.88 Å². The Balaban J connectivity index is 1.57. The van der Waals surface area contributed by atoms with Gasteiger partial charge in [-0.2, -0.15) is 0 Å². The zero-order valence-corrected chi connectivity index (χ0v) is 16.7. The lowest BCUT2D eigenvalue weighted by molar-refractivity contribution is 0.00693.